The van der Waals surface area contributed by atoms with E-state index in [0.717, 1.165) is 12.0 Å². The molecule has 20 heavy (non-hydrogen) atoms. The van der Waals surface area contributed by atoms with Crippen molar-refractivity contribution >= 4 is 16.7 Å². The molecular weight excluding hydrogens is 270 g/mol. The van der Waals surface area contributed by atoms with Crippen LogP contribution in [0.1, 0.15) is 45.2 Å². The van der Waals surface area contributed by atoms with E-state index in [-0.39, 0.29) is 17.1 Å². The normalized spacial score (nSPS) is 13.0. The fraction of sp³-hybridized carbons (Fsp3) is 0.562. The quantitative estimate of drug-likeness (QED) is 0.877. The number of hydrogen-bond acceptors (Lipinski definition) is 2. The van der Waals surface area contributed by atoms with Crippen LogP contribution in [0.2, 0.25) is 0 Å². The molecule has 1 rings (SSSR count). The molecule has 0 aliphatic heterocycles. The molecule has 0 saturated carbocycles. The van der Waals surface area contributed by atoms with Crippen molar-refractivity contribution in [2.75, 3.05) is 12.3 Å². The van der Waals surface area contributed by atoms with Crippen molar-refractivity contribution in [2.45, 2.75) is 45.3 Å². The molecule has 0 spiro atoms. The number of benzene rings is 1. The van der Waals surface area contributed by atoms with Crippen LogP contribution in [0.4, 0.5) is 0 Å². The molecule has 0 radical (unpaired) electrons. The van der Waals surface area contributed by atoms with Crippen molar-refractivity contribution < 1.29 is 9.00 Å². The van der Waals surface area contributed by atoms with Crippen LogP contribution in [0, 0.1) is 0 Å². The van der Waals surface area contributed by atoms with E-state index in [4.69, 9.17) is 0 Å². The summed E-state index contributed by atoms with van der Waals surface area (Å²) in [5.41, 5.74) is 2.39. The molecule has 1 atom stereocenters. The van der Waals surface area contributed by atoms with Crippen molar-refractivity contribution in [3.05, 3.63) is 35.4 Å². The lowest BCUT2D eigenvalue weighted by atomic mass is 9.87. The van der Waals surface area contributed by atoms with Gasteiger partial charge in [-0.3, -0.25) is 9.00 Å². The molecule has 1 aromatic rings. The van der Waals surface area contributed by atoms with Gasteiger partial charge in [-0.25, -0.2) is 0 Å². The molecule has 0 heterocycles. The van der Waals surface area contributed by atoms with Crippen LogP contribution in [0.15, 0.2) is 24.3 Å². The predicted octanol–water partition coefficient (Wildman–Crippen LogP) is 2.76. The summed E-state index contributed by atoms with van der Waals surface area (Å²) in [6.45, 7) is 9.14. The first kappa shape index (κ1) is 16.9. The fourth-order valence-electron chi connectivity index (χ4n) is 1.80. The smallest absolute Gasteiger partial charge is 0.232 e. The van der Waals surface area contributed by atoms with E-state index in [1.807, 2.05) is 19.1 Å². The number of rotatable bonds is 6. The molecule has 0 aliphatic rings. The molecule has 1 N–H and O–H groups in total. The Hall–Kier alpha value is -1.16. The molecule has 0 bridgehead atoms. The van der Waals surface area contributed by atoms with E-state index >= 15 is 0 Å². The third kappa shape index (κ3) is 5.87. The van der Waals surface area contributed by atoms with Crippen LogP contribution in [0.5, 0.6) is 0 Å². The Labute approximate surface area is 124 Å². The summed E-state index contributed by atoms with van der Waals surface area (Å²) in [5.74, 6) is 0.391. The zero-order chi connectivity index (χ0) is 15.2. The van der Waals surface area contributed by atoms with E-state index in [1.54, 1.807) is 0 Å². The largest absolute Gasteiger partial charge is 0.355 e. The Morgan fingerprint density at radius 2 is 1.80 bits per heavy atom. The third-order valence-electron chi connectivity index (χ3n) is 3.01. The summed E-state index contributed by atoms with van der Waals surface area (Å²) in [6, 6.07) is 8.15. The molecule has 1 amide bonds. The molecule has 112 valence electrons. The van der Waals surface area contributed by atoms with Crippen molar-refractivity contribution in [2.24, 2.45) is 0 Å². The van der Waals surface area contributed by atoms with Crippen molar-refractivity contribution in [1.29, 1.82) is 0 Å². The molecule has 0 aliphatic carbocycles. The highest BCUT2D eigenvalue weighted by atomic mass is 32.2. The second-order valence-electron chi connectivity index (χ2n) is 6.03. The van der Waals surface area contributed by atoms with Gasteiger partial charge in [-0.05, 0) is 23.0 Å². The Balaban J connectivity index is 2.52. The molecule has 1 aromatic carbocycles. The van der Waals surface area contributed by atoms with Crippen LogP contribution in [0.3, 0.4) is 0 Å². The summed E-state index contributed by atoms with van der Waals surface area (Å²) >= 11 is 0. The monoisotopic (exact) mass is 295 g/mol. The van der Waals surface area contributed by atoms with E-state index in [0.29, 0.717) is 12.3 Å². The SMILES string of the molecule is CCCNC(=O)C[S@](=O)Cc1ccc(C(C)(C)C)cc1. The van der Waals surface area contributed by atoms with Crippen molar-refractivity contribution in [3.8, 4) is 0 Å². The molecule has 0 aromatic heterocycles. The minimum Gasteiger partial charge on any atom is -0.355 e. The van der Waals surface area contributed by atoms with Crippen LogP contribution >= 0.6 is 0 Å². The number of amides is 1. The molecular formula is C16H25NO2S. The summed E-state index contributed by atoms with van der Waals surface area (Å²) in [4.78, 5) is 11.5. The van der Waals surface area contributed by atoms with Gasteiger partial charge in [0.05, 0.1) is 0 Å². The Morgan fingerprint density at radius 3 is 2.30 bits per heavy atom. The molecule has 3 nitrogen and oxygen atoms in total. The standard InChI is InChI=1S/C16H25NO2S/c1-5-10-17-15(18)12-20(19)11-13-6-8-14(9-7-13)16(2,3)4/h6-9H,5,10-12H2,1-4H3,(H,17,18)/t20-/m1/s1. The zero-order valence-corrected chi connectivity index (χ0v) is 13.7. The maximum atomic E-state index is 11.9. The van der Waals surface area contributed by atoms with Crippen LogP contribution in [-0.4, -0.2) is 22.4 Å². The predicted molar refractivity (Wildman–Crippen MR) is 85.2 cm³/mol. The van der Waals surface area contributed by atoms with Crippen molar-refractivity contribution in [3.63, 3.8) is 0 Å². The summed E-state index contributed by atoms with van der Waals surface area (Å²) < 4.78 is 11.9. The Kier molecular flexibility index (Phi) is 6.40. The van der Waals surface area contributed by atoms with E-state index < -0.39 is 10.8 Å². The molecule has 0 saturated heterocycles. The lowest BCUT2D eigenvalue weighted by Crippen LogP contribution is -2.29. The van der Waals surface area contributed by atoms with Gasteiger partial charge in [0.1, 0.15) is 5.75 Å². The van der Waals surface area contributed by atoms with E-state index in [1.165, 1.54) is 5.56 Å². The fourth-order valence-corrected chi connectivity index (χ4v) is 2.86. The minimum atomic E-state index is -1.14. The number of carbonyl (C=O) groups excluding carboxylic acids is 1. The van der Waals surface area contributed by atoms with Gasteiger partial charge in [0.25, 0.3) is 0 Å². The summed E-state index contributed by atoms with van der Waals surface area (Å²) in [7, 11) is -1.14. The van der Waals surface area contributed by atoms with Crippen LogP contribution in [0.25, 0.3) is 0 Å². The van der Waals surface area contributed by atoms with Gasteiger partial charge in [-0.15, -0.1) is 0 Å². The number of hydrogen-bond donors (Lipinski definition) is 1. The zero-order valence-electron chi connectivity index (χ0n) is 12.9. The minimum absolute atomic E-state index is 0.0843. The third-order valence-corrected chi connectivity index (χ3v) is 4.25. The summed E-state index contributed by atoms with van der Waals surface area (Å²) in [6.07, 6.45) is 0.895. The number of carbonyl (C=O) groups is 1. The van der Waals surface area contributed by atoms with Gasteiger partial charge in [-0.1, -0.05) is 52.0 Å². The highest BCUT2D eigenvalue weighted by Crippen LogP contribution is 2.22. The van der Waals surface area contributed by atoms with Gasteiger partial charge in [0, 0.05) is 23.1 Å². The summed E-state index contributed by atoms with van der Waals surface area (Å²) in [5, 5.41) is 2.75. The first-order valence-corrected chi connectivity index (χ1v) is 8.53. The van der Waals surface area contributed by atoms with Gasteiger partial charge >= 0.3 is 0 Å². The van der Waals surface area contributed by atoms with Crippen molar-refractivity contribution in [1.82, 2.24) is 5.32 Å². The Morgan fingerprint density at radius 1 is 1.20 bits per heavy atom. The molecule has 0 fully saturated rings. The lowest BCUT2D eigenvalue weighted by molar-refractivity contribution is -0.118. The highest BCUT2D eigenvalue weighted by Gasteiger charge is 2.13. The second-order valence-corrected chi connectivity index (χ2v) is 7.48. The van der Waals surface area contributed by atoms with Crippen LogP contribution < -0.4 is 5.32 Å². The molecule has 0 unspecified atom stereocenters. The highest BCUT2D eigenvalue weighted by molar-refractivity contribution is 7.84. The molecule has 4 heteroatoms. The first-order chi connectivity index (χ1) is 9.32. The van der Waals surface area contributed by atoms with Gasteiger partial charge in [0.2, 0.25) is 5.91 Å². The average molecular weight is 295 g/mol. The number of nitrogens with one attached hydrogen (secondary N) is 1. The Bertz CT molecular complexity index is 460. The van der Waals surface area contributed by atoms with Gasteiger partial charge < -0.3 is 5.32 Å². The van der Waals surface area contributed by atoms with Gasteiger partial charge in [0.15, 0.2) is 0 Å². The first-order valence-electron chi connectivity index (χ1n) is 7.04. The van der Waals surface area contributed by atoms with E-state index in [9.17, 15) is 9.00 Å². The average Bonchev–Trinajstić information content (AvgIpc) is 2.35. The maximum Gasteiger partial charge on any atom is 0.232 e. The van der Waals surface area contributed by atoms with Gasteiger partial charge in [-0.2, -0.15) is 0 Å². The maximum absolute atomic E-state index is 11.9. The topological polar surface area (TPSA) is 46.2 Å². The lowest BCUT2D eigenvalue weighted by Gasteiger charge is -2.19. The van der Waals surface area contributed by atoms with E-state index in [2.05, 4.69) is 38.2 Å². The second kappa shape index (κ2) is 7.58. The van der Waals surface area contributed by atoms with Crippen LogP contribution in [-0.2, 0) is 26.8 Å².